The lowest BCUT2D eigenvalue weighted by atomic mass is 10.1. The molecule has 2 atom stereocenters. The smallest absolute Gasteiger partial charge is 0.289 e. The minimum absolute atomic E-state index is 0.115. The van der Waals surface area contributed by atoms with Crippen molar-refractivity contribution in [3.8, 4) is 0 Å². The van der Waals surface area contributed by atoms with E-state index in [0.29, 0.717) is 5.75 Å². The third-order valence-electron chi connectivity index (χ3n) is 2.45. The molecule has 0 saturated carbocycles. The van der Waals surface area contributed by atoms with Crippen LogP contribution in [-0.4, -0.2) is 42.2 Å². The number of rotatable bonds is 7. The van der Waals surface area contributed by atoms with Gasteiger partial charge in [-0.25, -0.2) is 0 Å². The van der Waals surface area contributed by atoms with Crippen LogP contribution in [0.25, 0.3) is 0 Å². The Morgan fingerprint density at radius 3 is 2.17 bits per heavy atom. The van der Waals surface area contributed by atoms with E-state index in [1.165, 1.54) is 39.6 Å². The number of halogens is 3. The van der Waals surface area contributed by atoms with Crippen LogP contribution in [0.4, 0.5) is 13.2 Å². The molecule has 18 heavy (non-hydrogen) atoms. The molecule has 0 aliphatic heterocycles. The molecule has 0 aliphatic carbocycles. The second-order valence-electron chi connectivity index (χ2n) is 3.48. The van der Waals surface area contributed by atoms with Crippen molar-refractivity contribution in [1.29, 1.82) is 0 Å². The highest BCUT2D eigenvalue weighted by molar-refractivity contribution is 8.76. The summed E-state index contributed by atoms with van der Waals surface area (Å²) in [5, 5.41) is 0. The Morgan fingerprint density at radius 2 is 1.83 bits per heavy atom. The van der Waals surface area contributed by atoms with Gasteiger partial charge in [0.2, 0.25) is 0 Å². The Bertz CT molecular complexity index is 210. The molecule has 0 aromatic rings. The van der Waals surface area contributed by atoms with E-state index in [1.54, 1.807) is 6.92 Å². The lowest BCUT2D eigenvalue weighted by Gasteiger charge is -2.33. The van der Waals surface area contributed by atoms with Gasteiger partial charge in [-0.15, -0.1) is 6.58 Å². The molecule has 2 unspecified atom stereocenters. The molecule has 6 heteroatoms. The van der Waals surface area contributed by atoms with E-state index >= 15 is 0 Å². The number of hydrogen-bond acceptors (Lipinski definition) is 3. The Balaban J connectivity index is 0. The molecular weight excluding hydrogens is 279 g/mol. The van der Waals surface area contributed by atoms with Crippen molar-refractivity contribution < 1.29 is 13.2 Å². The van der Waals surface area contributed by atoms with Crippen LogP contribution in [0, 0.1) is 0 Å². The second kappa shape index (κ2) is 11.1. The fraction of sp³-hybridized carbons (Fsp3) is 0.833. The molecule has 0 aromatic carbocycles. The average Bonchev–Trinajstić information content (AvgIpc) is 2.34. The van der Waals surface area contributed by atoms with Crippen LogP contribution in [0.3, 0.4) is 0 Å². The third-order valence-corrected chi connectivity index (χ3v) is 4.29. The second-order valence-corrected chi connectivity index (χ2v) is 6.16. The predicted molar refractivity (Wildman–Crippen MR) is 79.2 cm³/mol. The van der Waals surface area contributed by atoms with Gasteiger partial charge in [-0.1, -0.05) is 41.5 Å². The monoisotopic (exact) mass is 303 g/mol. The highest BCUT2D eigenvalue weighted by Gasteiger charge is 2.42. The summed E-state index contributed by atoms with van der Waals surface area (Å²) < 4.78 is 38.4. The lowest BCUT2D eigenvalue weighted by molar-refractivity contribution is -0.183. The number of nitrogens with zero attached hydrogens (tertiary/aromatic N) is 1. The van der Waals surface area contributed by atoms with Crippen molar-refractivity contribution >= 4 is 21.6 Å². The van der Waals surface area contributed by atoms with Crippen LogP contribution in [0.2, 0.25) is 0 Å². The summed E-state index contributed by atoms with van der Waals surface area (Å²) in [6, 6.07) is -1.66. The molecular formula is C12H24F3NS2. The number of likely N-dealkylation sites (N-methyl/N-ethyl adjacent to an activating group) is 1. The molecule has 0 spiro atoms. The molecule has 0 radical (unpaired) electrons. The maximum Gasteiger partial charge on any atom is 0.404 e. The van der Waals surface area contributed by atoms with Crippen molar-refractivity contribution in [1.82, 2.24) is 4.90 Å². The summed E-state index contributed by atoms with van der Waals surface area (Å²) in [5.74, 6) is 0.500. The quantitative estimate of drug-likeness (QED) is 0.376. The highest BCUT2D eigenvalue weighted by atomic mass is 33.1. The first-order valence-electron chi connectivity index (χ1n) is 5.91. The molecule has 0 heterocycles. The maximum absolute atomic E-state index is 12.8. The lowest BCUT2D eigenvalue weighted by Crippen LogP contribution is -2.47. The van der Waals surface area contributed by atoms with E-state index in [-0.39, 0.29) is 12.5 Å². The van der Waals surface area contributed by atoms with Gasteiger partial charge < -0.3 is 0 Å². The maximum atomic E-state index is 12.8. The van der Waals surface area contributed by atoms with Crippen molar-refractivity contribution in [2.75, 3.05) is 19.1 Å². The summed E-state index contributed by atoms with van der Waals surface area (Å²) in [6.45, 7) is 9.24. The van der Waals surface area contributed by atoms with E-state index in [1.807, 2.05) is 20.1 Å². The molecule has 0 aliphatic rings. The Morgan fingerprint density at radius 1 is 1.33 bits per heavy atom. The molecule has 0 saturated heterocycles. The van der Waals surface area contributed by atoms with Gasteiger partial charge in [0.05, 0.1) is 0 Å². The first-order chi connectivity index (χ1) is 8.34. The molecule has 0 bridgehead atoms. The van der Waals surface area contributed by atoms with Gasteiger partial charge in [0.15, 0.2) is 0 Å². The van der Waals surface area contributed by atoms with Crippen LogP contribution < -0.4 is 0 Å². The number of hydrogen-bond donors (Lipinski definition) is 0. The zero-order chi connectivity index (χ0) is 14.8. The molecule has 0 N–H and O–H groups in total. The Kier molecular flexibility index (Phi) is 12.6. The van der Waals surface area contributed by atoms with Gasteiger partial charge in [-0.2, -0.15) is 13.2 Å². The zero-order valence-corrected chi connectivity index (χ0v) is 13.4. The number of alkyl halides is 3. The third kappa shape index (κ3) is 8.32. The van der Waals surface area contributed by atoms with E-state index < -0.39 is 12.2 Å². The van der Waals surface area contributed by atoms with Gasteiger partial charge in [-0.05, 0) is 26.6 Å². The Hall–Kier alpha value is 0.190. The molecule has 0 aromatic heterocycles. The van der Waals surface area contributed by atoms with Gasteiger partial charge in [-0.3, -0.25) is 4.90 Å². The molecule has 1 nitrogen and oxygen atoms in total. The van der Waals surface area contributed by atoms with Crippen LogP contribution >= 0.6 is 21.6 Å². The first kappa shape index (κ1) is 20.5. The van der Waals surface area contributed by atoms with Gasteiger partial charge >= 0.3 is 6.18 Å². The fourth-order valence-electron chi connectivity index (χ4n) is 1.29. The van der Waals surface area contributed by atoms with Gasteiger partial charge in [0.25, 0.3) is 0 Å². The Labute approximate surface area is 117 Å². The van der Waals surface area contributed by atoms with Gasteiger partial charge in [0, 0.05) is 11.8 Å². The largest absolute Gasteiger partial charge is 0.404 e. The van der Waals surface area contributed by atoms with E-state index in [4.69, 9.17) is 0 Å². The minimum atomic E-state index is -4.18. The molecule has 0 rings (SSSR count). The summed E-state index contributed by atoms with van der Waals surface area (Å²) in [7, 11) is 4.44. The van der Waals surface area contributed by atoms with Crippen molar-refractivity contribution in [2.45, 2.75) is 45.5 Å². The van der Waals surface area contributed by atoms with E-state index in [9.17, 15) is 13.2 Å². The van der Waals surface area contributed by atoms with Crippen LogP contribution in [0.15, 0.2) is 12.7 Å². The van der Waals surface area contributed by atoms with E-state index in [0.717, 1.165) is 0 Å². The van der Waals surface area contributed by atoms with E-state index in [2.05, 4.69) is 6.58 Å². The summed E-state index contributed by atoms with van der Waals surface area (Å²) >= 11 is 0. The summed E-state index contributed by atoms with van der Waals surface area (Å²) in [4.78, 5) is 1.33. The van der Waals surface area contributed by atoms with Crippen molar-refractivity contribution in [3.63, 3.8) is 0 Å². The van der Waals surface area contributed by atoms with Crippen LogP contribution in [0.1, 0.15) is 27.2 Å². The first-order valence-corrected chi connectivity index (χ1v) is 8.64. The average molecular weight is 303 g/mol. The van der Waals surface area contributed by atoms with Crippen molar-refractivity contribution in [3.05, 3.63) is 12.7 Å². The van der Waals surface area contributed by atoms with Crippen molar-refractivity contribution in [2.24, 2.45) is 0 Å². The highest BCUT2D eigenvalue weighted by Crippen LogP contribution is 2.30. The molecule has 110 valence electrons. The van der Waals surface area contributed by atoms with Crippen LogP contribution in [-0.2, 0) is 0 Å². The molecule has 0 amide bonds. The minimum Gasteiger partial charge on any atom is -0.289 e. The zero-order valence-electron chi connectivity index (χ0n) is 11.8. The summed E-state index contributed by atoms with van der Waals surface area (Å²) in [6.07, 6.45) is -0.668. The topological polar surface area (TPSA) is 3.24 Å². The summed E-state index contributed by atoms with van der Waals surface area (Å²) in [5.41, 5.74) is 0. The fourth-order valence-corrected chi connectivity index (χ4v) is 2.57. The predicted octanol–water partition coefficient (Wildman–Crippen LogP) is 4.85. The standard InChI is InChI=1S/C10H18F3NS2.C2H6/c1-5-8(2)14(3)9(10(11,12)13)6-7-16-15-4;1-2/h5,8-9H,1,6-7H2,2-4H3;1-2H3. The molecule has 0 fully saturated rings. The SMILES string of the molecule is C=CC(C)N(C)C(CCSSC)C(F)(F)F.CC. The van der Waals surface area contributed by atoms with Crippen LogP contribution in [0.5, 0.6) is 0 Å². The normalized spacial score (nSPS) is 14.7. The van der Waals surface area contributed by atoms with Gasteiger partial charge in [0.1, 0.15) is 6.04 Å².